The topological polar surface area (TPSA) is 29.5 Å². The van der Waals surface area contributed by atoms with Crippen LogP contribution in [0.4, 0.5) is 4.39 Å². The minimum absolute atomic E-state index is 0.226. The second-order valence-electron chi connectivity index (χ2n) is 3.67. The van der Waals surface area contributed by atoms with E-state index < -0.39 is 11.9 Å². The molecule has 1 N–H and O–H groups in total. The van der Waals surface area contributed by atoms with Crippen LogP contribution in [0.5, 0.6) is 0 Å². The summed E-state index contributed by atoms with van der Waals surface area (Å²) in [6.07, 6.45) is -0.792. The van der Waals surface area contributed by atoms with Crippen molar-refractivity contribution in [3.05, 3.63) is 34.6 Å². The quantitative estimate of drug-likeness (QED) is 0.866. The number of rotatable bonds is 5. The van der Waals surface area contributed by atoms with Gasteiger partial charge in [-0.05, 0) is 31.5 Å². The fraction of sp³-hybridized carbons (Fsp3) is 0.500. The van der Waals surface area contributed by atoms with Crippen molar-refractivity contribution < 1.29 is 14.2 Å². The summed E-state index contributed by atoms with van der Waals surface area (Å²) in [6.45, 7) is 4.15. The smallest absolute Gasteiger partial charge is 0.127 e. The van der Waals surface area contributed by atoms with Crippen LogP contribution in [0.25, 0.3) is 0 Å². The van der Waals surface area contributed by atoms with Gasteiger partial charge in [-0.25, -0.2) is 4.39 Å². The van der Waals surface area contributed by atoms with Gasteiger partial charge in [-0.3, -0.25) is 0 Å². The molecule has 1 aromatic rings. The third-order valence-electron chi connectivity index (χ3n) is 2.42. The van der Waals surface area contributed by atoms with Crippen LogP contribution in [0.15, 0.2) is 18.2 Å². The van der Waals surface area contributed by atoms with E-state index in [1.165, 1.54) is 6.07 Å². The maximum Gasteiger partial charge on any atom is 0.127 e. The Kier molecular flexibility index (Phi) is 5.19. The third-order valence-corrected chi connectivity index (χ3v) is 2.65. The van der Waals surface area contributed by atoms with E-state index in [-0.39, 0.29) is 12.5 Å². The minimum Gasteiger partial charge on any atom is -0.390 e. The maximum atomic E-state index is 13.4. The van der Waals surface area contributed by atoms with Crippen molar-refractivity contribution in [1.82, 2.24) is 0 Å². The Bertz CT molecular complexity index is 344. The first kappa shape index (κ1) is 13.4. The van der Waals surface area contributed by atoms with Gasteiger partial charge in [0.15, 0.2) is 0 Å². The Hall–Kier alpha value is -0.640. The summed E-state index contributed by atoms with van der Waals surface area (Å²) in [4.78, 5) is 0. The molecule has 0 amide bonds. The monoisotopic (exact) mass is 246 g/mol. The normalized spacial score (nSPS) is 14.8. The van der Waals surface area contributed by atoms with Crippen molar-refractivity contribution in [2.24, 2.45) is 0 Å². The molecule has 0 fully saturated rings. The summed E-state index contributed by atoms with van der Waals surface area (Å²) in [5.41, 5.74) is 0.448. The largest absolute Gasteiger partial charge is 0.390 e. The molecule has 0 aliphatic heterocycles. The van der Waals surface area contributed by atoms with E-state index in [0.717, 1.165) is 0 Å². The van der Waals surface area contributed by atoms with Gasteiger partial charge in [0, 0.05) is 18.1 Å². The molecule has 2 unspecified atom stereocenters. The van der Waals surface area contributed by atoms with Gasteiger partial charge in [-0.2, -0.15) is 0 Å². The van der Waals surface area contributed by atoms with Gasteiger partial charge in [0.2, 0.25) is 0 Å². The van der Waals surface area contributed by atoms with Crippen molar-refractivity contribution in [3.63, 3.8) is 0 Å². The van der Waals surface area contributed by atoms with Crippen molar-refractivity contribution in [2.75, 3.05) is 6.61 Å². The zero-order valence-electron chi connectivity index (χ0n) is 9.41. The van der Waals surface area contributed by atoms with Gasteiger partial charge in [-0.15, -0.1) is 0 Å². The molecular formula is C12H16ClFO2. The standard InChI is InChI=1S/C12H16ClFO2/c1-3-16-8(2)12(15)6-9-4-5-10(13)7-11(9)14/h4-5,7-8,12,15H,3,6H2,1-2H3. The van der Waals surface area contributed by atoms with Crippen molar-refractivity contribution in [1.29, 1.82) is 0 Å². The molecule has 2 atom stereocenters. The predicted molar refractivity (Wildman–Crippen MR) is 62.2 cm³/mol. The lowest BCUT2D eigenvalue weighted by molar-refractivity contribution is -0.0211. The predicted octanol–water partition coefficient (Wildman–Crippen LogP) is 2.81. The van der Waals surface area contributed by atoms with Crippen LogP contribution in [0, 0.1) is 5.82 Å². The molecule has 0 bridgehead atoms. The number of aliphatic hydroxyl groups excluding tert-OH is 1. The molecule has 1 rings (SSSR count). The number of hydrogen-bond donors (Lipinski definition) is 1. The lowest BCUT2D eigenvalue weighted by atomic mass is 10.0. The van der Waals surface area contributed by atoms with Crippen molar-refractivity contribution >= 4 is 11.6 Å². The fourth-order valence-corrected chi connectivity index (χ4v) is 1.61. The van der Waals surface area contributed by atoms with Gasteiger partial charge >= 0.3 is 0 Å². The molecule has 1 aromatic carbocycles. The average Bonchev–Trinajstić information content (AvgIpc) is 2.22. The Morgan fingerprint density at radius 3 is 2.75 bits per heavy atom. The van der Waals surface area contributed by atoms with Crippen molar-refractivity contribution in [3.8, 4) is 0 Å². The lowest BCUT2D eigenvalue weighted by Crippen LogP contribution is -2.28. The van der Waals surface area contributed by atoms with Crippen molar-refractivity contribution in [2.45, 2.75) is 32.5 Å². The zero-order chi connectivity index (χ0) is 12.1. The molecule has 0 spiro atoms. The Balaban J connectivity index is 2.65. The zero-order valence-corrected chi connectivity index (χ0v) is 10.2. The van der Waals surface area contributed by atoms with E-state index in [4.69, 9.17) is 16.3 Å². The number of benzene rings is 1. The summed E-state index contributed by atoms with van der Waals surface area (Å²) in [5.74, 6) is -0.393. The summed E-state index contributed by atoms with van der Waals surface area (Å²) in [5, 5.41) is 10.1. The molecular weight excluding hydrogens is 231 g/mol. The van der Waals surface area contributed by atoms with Crippen LogP contribution >= 0.6 is 11.6 Å². The Morgan fingerprint density at radius 1 is 1.50 bits per heavy atom. The Morgan fingerprint density at radius 2 is 2.19 bits per heavy atom. The average molecular weight is 247 g/mol. The highest BCUT2D eigenvalue weighted by Gasteiger charge is 2.16. The number of halogens is 2. The maximum absolute atomic E-state index is 13.4. The molecule has 0 aromatic heterocycles. The minimum atomic E-state index is -0.712. The first-order valence-corrected chi connectivity index (χ1v) is 5.66. The highest BCUT2D eigenvalue weighted by molar-refractivity contribution is 6.30. The van der Waals surface area contributed by atoms with Crippen LogP contribution in [-0.4, -0.2) is 23.9 Å². The second-order valence-corrected chi connectivity index (χ2v) is 4.10. The van der Waals surface area contributed by atoms with E-state index in [0.29, 0.717) is 17.2 Å². The van der Waals surface area contributed by atoms with Crippen LogP contribution in [0.3, 0.4) is 0 Å². The van der Waals surface area contributed by atoms with Gasteiger partial charge in [0.05, 0.1) is 12.2 Å². The number of ether oxygens (including phenoxy) is 1. The first-order valence-electron chi connectivity index (χ1n) is 5.28. The highest BCUT2D eigenvalue weighted by atomic mass is 35.5. The molecule has 2 nitrogen and oxygen atoms in total. The van der Waals surface area contributed by atoms with Gasteiger partial charge < -0.3 is 9.84 Å². The first-order chi connectivity index (χ1) is 7.54. The number of hydrogen-bond acceptors (Lipinski definition) is 2. The molecule has 0 radical (unpaired) electrons. The van der Waals surface area contributed by atoms with E-state index in [1.807, 2.05) is 6.92 Å². The van der Waals surface area contributed by atoms with E-state index in [2.05, 4.69) is 0 Å². The molecule has 16 heavy (non-hydrogen) atoms. The lowest BCUT2D eigenvalue weighted by Gasteiger charge is -2.19. The van der Waals surface area contributed by atoms with E-state index in [9.17, 15) is 9.50 Å². The summed E-state index contributed by atoms with van der Waals surface area (Å²) < 4.78 is 18.7. The molecule has 0 saturated carbocycles. The molecule has 90 valence electrons. The highest BCUT2D eigenvalue weighted by Crippen LogP contribution is 2.17. The second kappa shape index (κ2) is 6.18. The Labute approximate surface area is 100.0 Å². The van der Waals surface area contributed by atoms with Crippen LogP contribution in [-0.2, 0) is 11.2 Å². The van der Waals surface area contributed by atoms with Crippen LogP contribution in [0.2, 0.25) is 5.02 Å². The summed E-state index contributed by atoms with van der Waals surface area (Å²) in [7, 11) is 0. The molecule has 4 heteroatoms. The van der Waals surface area contributed by atoms with Crippen LogP contribution < -0.4 is 0 Å². The third kappa shape index (κ3) is 3.74. The summed E-state index contributed by atoms with van der Waals surface area (Å²) in [6, 6.07) is 4.44. The molecule has 0 saturated heterocycles. The van der Waals surface area contributed by atoms with E-state index in [1.54, 1.807) is 19.1 Å². The SMILES string of the molecule is CCOC(C)C(O)Cc1ccc(Cl)cc1F. The van der Waals surface area contributed by atoms with Gasteiger partial charge in [0.25, 0.3) is 0 Å². The van der Waals surface area contributed by atoms with Crippen LogP contribution in [0.1, 0.15) is 19.4 Å². The molecule has 0 heterocycles. The number of aliphatic hydroxyl groups is 1. The fourth-order valence-electron chi connectivity index (χ4n) is 1.45. The van der Waals surface area contributed by atoms with Gasteiger partial charge in [-0.1, -0.05) is 17.7 Å². The molecule has 0 aliphatic carbocycles. The summed E-state index contributed by atoms with van der Waals surface area (Å²) >= 11 is 5.64. The van der Waals surface area contributed by atoms with E-state index >= 15 is 0 Å². The molecule has 0 aliphatic rings. The van der Waals surface area contributed by atoms with Gasteiger partial charge in [0.1, 0.15) is 5.82 Å².